The summed E-state index contributed by atoms with van der Waals surface area (Å²) in [4.78, 5) is 18.1. The molecule has 0 radical (unpaired) electrons. The van der Waals surface area contributed by atoms with Crippen LogP contribution in [0.1, 0.15) is 0 Å². The summed E-state index contributed by atoms with van der Waals surface area (Å²) in [6, 6.07) is 4.71. The molecular formula is C12H11ClN2O4S. The third-order valence-electron chi connectivity index (χ3n) is 2.38. The van der Waals surface area contributed by atoms with E-state index in [1.54, 1.807) is 18.4 Å². The molecule has 0 spiro atoms. The average molecular weight is 315 g/mol. The molecular weight excluding hydrogens is 304 g/mol. The maximum atomic E-state index is 11.8. The molecule has 0 bridgehead atoms. The lowest BCUT2D eigenvalue weighted by molar-refractivity contribution is 0.379. The highest BCUT2D eigenvalue weighted by Gasteiger charge is 2.15. The summed E-state index contributed by atoms with van der Waals surface area (Å²) in [5.41, 5.74) is -0.597. The third kappa shape index (κ3) is 3.00. The number of aromatic amines is 1. The minimum Gasteiger partial charge on any atom is -0.497 e. The molecule has 0 aliphatic carbocycles. The van der Waals surface area contributed by atoms with E-state index in [1.165, 1.54) is 24.9 Å². The van der Waals surface area contributed by atoms with Gasteiger partial charge in [0, 0.05) is 6.07 Å². The van der Waals surface area contributed by atoms with E-state index < -0.39 is 11.4 Å². The van der Waals surface area contributed by atoms with Crippen LogP contribution in [0.4, 0.5) is 0 Å². The number of benzene rings is 1. The van der Waals surface area contributed by atoms with E-state index in [2.05, 4.69) is 9.97 Å². The van der Waals surface area contributed by atoms with E-state index in [1.807, 2.05) is 0 Å². The van der Waals surface area contributed by atoms with E-state index in [4.69, 9.17) is 21.1 Å². The maximum Gasteiger partial charge on any atom is 0.298 e. The van der Waals surface area contributed by atoms with Crippen LogP contribution in [0.2, 0.25) is 5.02 Å². The van der Waals surface area contributed by atoms with E-state index in [-0.39, 0.29) is 21.7 Å². The van der Waals surface area contributed by atoms with Crippen molar-refractivity contribution in [2.24, 2.45) is 0 Å². The van der Waals surface area contributed by atoms with Crippen LogP contribution in [0.25, 0.3) is 0 Å². The predicted molar refractivity (Wildman–Crippen MR) is 76.4 cm³/mol. The number of H-pyrrole nitrogens is 1. The molecule has 1 heterocycles. The first-order valence-corrected chi connectivity index (χ1v) is 7.04. The minimum absolute atomic E-state index is 0.186. The summed E-state index contributed by atoms with van der Waals surface area (Å²) in [6.07, 6.45) is 1.72. The second kappa shape index (κ2) is 6.06. The Morgan fingerprint density at radius 1 is 1.45 bits per heavy atom. The first-order valence-electron chi connectivity index (χ1n) is 5.43. The molecule has 2 N–H and O–H groups in total. The molecule has 0 aliphatic heterocycles. The van der Waals surface area contributed by atoms with Gasteiger partial charge in [0.15, 0.2) is 5.16 Å². The van der Waals surface area contributed by atoms with Crippen molar-refractivity contribution in [3.8, 4) is 23.1 Å². The van der Waals surface area contributed by atoms with Crippen LogP contribution in [-0.2, 0) is 0 Å². The number of halogens is 1. The highest BCUT2D eigenvalue weighted by molar-refractivity contribution is 7.98. The van der Waals surface area contributed by atoms with Crippen molar-refractivity contribution in [2.75, 3.05) is 13.4 Å². The lowest BCUT2D eigenvalue weighted by Crippen LogP contribution is -2.11. The van der Waals surface area contributed by atoms with Gasteiger partial charge in [0.25, 0.3) is 17.2 Å². The Kier molecular flexibility index (Phi) is 4.41. The molecule has 0 amide bonds. The zero-order valence-electron chi connectivity index (χ0n) is 10.6. The standard InChI is InChI=1S/C12H11ClN2O4S/c1-18-6-3-4-7(13)8(5-6)19-9-10(16)14-12(20-2)15-11(9)17/h3-5H,1-2H3,(H2,14,15,16,17). The largest absolute Gasteiger partial charge is 0.497 e. The van der Waals surface area contributed by atoms with E-state index >= 15 is 0 Å². The van der Waals surface area contributed by atoms with Gasteiger partial charge in [-0.1, -0.05) is 23.4 Å². The van der Waals surface area contributed by atoms with Crippen LogP contribution in [0.15, 0.2) is 28.2 Å². The molecule has 8 heteroatoms. The number of nitrogens with zero attached hydrogens (tertiary/aromatic N) is 1. The maximum absolute atomic E-state index is 11.8. The molecule has 2 aromatic rings. The average Bonchev–Trinajstić information content (AvgIpc) is 2.44. The van der Waals surface area contributed by atoms with Gasteiger partial charge >= 0.3 is 0 Å². The molecule has 20 heavy (non-hydrogen) atoms. The quantitative estimate of drug-likeness (QED) is 0.666. The van der Waals surface area contributed by atoms with Gasteiger partial charge in [-0.2, -0.15) is 4.98 Å². The molecule has 0 aliphatic rings. The van der Waals surface area contributed by atoms with Gasteiger partial charge < -0.3 is 14.6 Å². The molecule has 1 aromatic carbocycles. The summed E-state index contributed by atoms with van der Waals surface area (Å²) in [5.74, 6) is -0.130. The fourth-order valence-electron chi connectivity index (χ4n) is 1.42. The van der Waals surface area contributed by atoms with Gasteiger partial charge in [0.1, 0.15) is 11.5 Å². The molecule has 0 unspecified atom stereocenters. The second-order valence-electron chi connectivity index (χ2n) is 3.63. The van der Waals surface area contributed by atoms with Gasteiger partial charge in [0.05, 0.1) is 12.1 Å². The number of aromatic nitrogens is 2. The van der Waals surface area contributed by atoms with Gasteiger partial charge in [-0.3, -0.25) is 9.78 Å². The van der Waals surface area contributed by atoms with E-state index in [0.717, 1.165) is 0 Å². The Hall–Kier alpha value is -1.86. The lowest BCUT2D eigenvalue weighted by atomic mass is 10.3. The van der Waals surface area contributed by atoms with Crippen molar-refractivity contribution in [3.05, 3.63) is 33.6 Å². The van der Waals surface area contributed by atoms with E-state index in [9.17, 15) is 9.90 Å². The summed E-state index contributed by atoms with van der Waals surface area (Å²) in [7, 11) is 1.49. The number of hydrogen-bond donors (Lipinski definition) is 2. The highest BCUT2D eigenvalue weighted by Crippen LogP contribution is 2.34. The van der Waals surface area contributed by atoms with E-state index in [0.29, 0.717) is 5.75 Å². The first-order chi connectivity index (χ1) is 9.55. The van der Waals surface area contributed by atoms with Crippen molar-refractivity contribution < 1.29 is 14.6 Å². The highest BCUT2D eigenvalue weighted by atomic mass is 35.5. The zero-order valence-corrected chi connectivity index (χ0v) is 12.2. The summed E-state index contributed by atoms with van der Waals surface area (Å²) >= 11 is 7.16. The molecule has 1 aromatic heterocycles. The van der Waals surface area contributed by atoms with Crippen LogP contribution < -0.4 is 15.0 Å². The van der Waals surface area contributed by atoms with Crippen molar-refractivity contribution in [1.82, 2.24) is 9.97 Å². The molecule has 0 fully saturated rings. The summed E-state index contributed by atoms with van der Waals surface area (Å²) in [6.45, 7) is 0. The van der Waals surface area contributed by atoms with Crippen molar-refractivity contribution in [2.45, 2.75) is 5.16 Å². The number of hydrogen-bond acceptors (Lipinski definition) is 6. The third-order valence-corrected chi connectivity index (χ3v) is 3.27. The molecule has 106 valence electrons. The van der Waals surface area contributed by atoms with Gasteiger partial charge in [-0.25, -0.2) is 0 Å². The number of methoxy groups -OCH3 is 1. The molecule has 6 nitrogen and oxygen atoms in total. The van der Waals surface area contributed by atoms with Gasteiger partial charge in [-0.05, 0) is 18.4 Å². The smallest absolute Gasteiger partial charge is 0.298 e. The number of thioether (sulfide) groups is 1. The number of ether oxygens (including phenoxy) is 2. The van der Waals surface area contributed by atoms with Crippen LogP contribution in [0.3, 0.4) is 0 Å². The molecule has 0 saturated carbocycles. The Morgan fingerprint density at radius 2 is 2.20 bits per heavy atom. The zero-order chi connectivity index (χ0) is 14.7. The van der Waals surface area contributed by atoms with Crippen LogP contribution in [0, 0.1) is 0 Å². The Labute approximate surface area is 123 Å². The normalized spacial score (nSPS) is 10.3. The van der Waals surface area contributed by atoms with Crippen LogP contribution in [0.5, 0.6) is 23.1 Å². The first kappa shape index (κ1) is 14.5. The van der Waals surface area contributed by atoms with Crippen LogP contribution >= 0.6 is 23.4 Å². The van der Waals surface area contributed by atoms with Crippen molar-refractivity contribution in [3.63, 3.8) is 0 Å². The van der Waals surface area contributed by atoms with Crippen molar-refractivity contribution >= 4 is 23.4 Å². The van der Waals surface area contributed by atoms with Gasteiger partial charge in [-0.15, -0.1) is 0 Å². The predicted octanol–water partition coefficient (Wildman–Crippen LogP) is 2.65. The number of aromatic hydroxyl groups is 1. The lowest BCUT2D eigenvalue weighted by Gasteiger charge is -2.09. The second-order valence-corrected chi connectivity index (χ2v) is 4.83. The Morgan fingerprint density at radius 3 is 2.80 bits per heavy atom. The number of rotatable bonds is 4. The van der Waals surface area contributed by atoms with Crippen molar-refractivity contribution in [1.29, 1.82) is 0 Å². The SMILES string of the molecule is COc1ccc(Cl)c(Oc2c(O)nc(SC)[nH]c2=O)c1. The fourth-order valence-corrected chi connectivity index (χ4v) is 1.95. The minimum atomic E-state index is -0.597. The number of nitrogens with one attached hydrogen (secondary N) is 1. The molecule has 0 saturated heterocycles. The molecule has 2 rings (SSSR count). The monoisotopic (exact) mass is 314 g/mol. The van der Waals surface area contributed by atoms with Crippen LogP contribution in [-0.4, -0.2) is 28.4 Å². The summed E-state index contributed by atoms with van der Waals surface area (Å²) < 4.78 is 10.4. The fraction of sp³-hybridized carbons (Fsp3) is 0.167. The Balaban J connectivity index is 2.42. The Bertz CT molecular complexity index is 690. The molecule has 0 atom stereocenters. The summed E-state index contributed by atoms with van der Waals surface area (Å²) in [5, 5.41) is 10.3. The van der Waals surface area contributed by atoms with Gasteiger partial charge in [0.2, 0.25) is 0 Å². The topological polar surface area (TPSA) is 84.4 Å².